The molecule has 0 aliphatic heterocycles. The maximum Gasteiger partial charge on any atom is 0.341 e. The van der Waals surface area contributed by atoms with Gasteiger partial charge in [0.15, 0.2) is 5.60 Å². The molecule has 38 heavy (non-hydrogen) atoms. The highest BCUT2D eigenvalue weighted by Crippen LogP contribution is 2.35. The maximum atomic E-state index is 14.0. The smallest absolute Gasteiger partial charge is 0.341 e. The first-order valence-corrected chi connectivity index (χ1v) is 13.8. The van der Waals surface area contributed by atoms with Gasteiger partial charge >= 0.3 is 6.03 Å². The molecule has 0 saturated carbocycles. The third kappa shape index (κ3) is 5.08. The van der Waals surface area contributed by atoms with Gasteiger partial charge in [-0.15, -0.1) is 11.3 Å². The Balaban J connectivity index is 1.49. The quantitative estimate of drug-likeness (QED) is 0.263. The van der Waals surface area contributed by atoms with E-state index in [0.29, 0.717) is 11.1 Å². The van der Waals surface area contributed by atoms with Gasteiger partial charge in [-0.2, -0.15) is 0 Å². The number of aliphatic hydroxyl groups is 1. The van der Waals surface area contributed by atoms with Crippen LogP contribution in [0.1, 0.15) is 52.9 Å². The Morgan fingerprint density at radius 1 is 0.868 bits per heavy atom. The number of nitrogens with one attached hydrogen (secondary N) is 2. The summed E-state index contributed by atoms with van der Waals surface area (Å²) in [7, 11) is 0. The topological polar surface area (TPSA) is 81.7 Å². The minimum absolute atomic E-state index is 0.406. The fourth-order valence-corrected chi connectivity index (χ4v) is 6.03. The third-order valence-electron chi connectivity index (χ3n) is 7.12. The molecule has 0 saturated heterocycles. The number of nitrogens with zero attached hydrogens (tertiary/aromatic N) is 1. The van der Waals surface area contributed by atoms with Gasteiger partial charge in [-0.1, -0.05) is 91.0 Å². The largest absolute Gasteiger partial charge is 0.372 e. The number of rotatable bonds is 6. The van der Waals surface area contributed by atoms with Crippen molar-refractivity contribution in [3.63, 3.8) is 0 Å². The molecule has 1 aromatic heterocycles. The molecule has 194 valence electrons. The fraction of sp³-hybridized carbons (Fsp3) is 0.226. The van der Waals surface area contributed by atoms with Crippen molar-refractivity contribution in [3.8, 4) is 0 Å². The van der Waals surface area contributed by atoms with E-state index in [4.69, 9.17) is 0 Å². The number of benzene rings is 3. The Labute approximate surface area is 226 Å². The van der Waals surface area contributed by atoms with Crippen LogP contribution in [-0.4, -0.2) is 22.1 Å². The van der Waals surface area contributed by atoms with E-state index < -0.39 is 23.6 Å². The molecule has 1 aliphatic rings. The Morgan fingerprint density at radius 3 is 2.03 bits per heavy atom. The third-order valence-corrected chi connectivity index (χ3v) is 8.21. The zero-order valence-electron chi connectivity index (χ0n) is 21.3. The molecule has 6 nitrogen and oxygen atoms in total. The van der Waals surface area contributed by atoms with Crippen LogP contribution in [0.15, 0.2) is 96.4 Å². The van der Waals surface area contributed by atoms with Crippen LogP contribution < -0.4 is 10.7 Å². The average Bonchev–Trinajstić information content (AvgIpc) is 3.38. The van der Waals surface area contributed by atoms with E-state index in [2.05, 4.69) is 10.7 Å². The van der Waals surface area contributed by atoms with E-state index in [9.17, 15) is 14.7 Å². The summed E-state index contributed by atoms with van der Waals surface area (Å²) < 4.78 is 0. The number of fused-ring (bicyclic) bond motifs is 1. The second-order valence-corrected chi connectivity index (χ2v) is 10.5. The predicted molar refractivity (Wildman–Crippen MR) is 151 cm³/mol. The lowest BCUT2D eigenvalue weighted by atomic mass is 9.85. The number of carbonyl (C=O) groups excluding carboxylic acids is 2. The van der Waals surface area contributed by atoms with Crippen molar-refractivity contribution < 1.29 is 14.7 Å². The van der Waals surface area contributed by atoms with Gasteiger partial charge < -0.3 is 10.4 Å². The van der Waals surface area contributed by atoms with Crippen molar-refractivity contribution >= 4 is 29.0 Å². The molecule has 1 atom stereocenters. The summed E-state index contributed by atoms with van der Waals surface area (Å²) in [4.78, 5) is 29.0. The number of aryl methyl sites for hydroxylation is 1. The molecular weight excluding hydrogens is 494 g/mol. The van der Waals surface area contributed by atoms with Gasteiger partial charge in [0.05, 0.1) is 11.7 Å². The molecular formula is C31H31N3O3S. The average molecular weight is 526 g/mol. The standard InChI is InChI=1S/C31H31N3O3S/c1-22(23-13-5-2-6-14-23)34(30(36)32-27-21-38-28-20-12-11-19-26(27)28)33-29(35)31(37,24-15-7-3-8-16-24)25-17-9-4-10-18-25/h2-10,13-18,21-22,37H,11-12,19-20H2,1H3,(H,32,36)(H,33,35). The SMILES string of the molecule is CC(c1ccccc1)N(NC(=O)C(O)(c1ccccc1)c1ccccc1)C(=O)Nc1csc2c1CCCC2. The molecule has 3 amide bonds. The van der Waals surface area contributed by atoms with Gasteiger partial charge in [-0.25, -0.2) is 9.80 Å². The van der Waals surface area contributed by atoms with E-state index in [1.807, 2.05) is 54.8 Å². The lowest BCUT2D eigenvalue weighted by molar-refractivity contribution is -0.141. The molecule has 0 spiro atoms. The minimum atomic E-state index is -2.01. The van der Waals surface area contributed by atoms with E-state index in [1.165, 1.54) is 15.4 Å². The molecule has 0 radical (unpaired) electrons. The Bertz CT molecular complexity index is 1350. The van der Waals surface area contributed by atoms with Crippen LogP contribution in [0.4, 0.5) is 10.5 Å². The number of hydrogen-bond donors (Lipinski definition) is 3. The number of thiophene rings is 1. The van der Waals surface area contributed by atoms with E-state index in [0.717, 1.165) is 36.9 Å². The Kier molecular flexibility index (Phi) is 7.58. The summed E-state index contributed by atoms with van der Waals surface area (Å²) >= 11 is 1.66. The number of hydrazine groups is 1. The first-order valence-electron chi connectivity index (χ1n) is 12.9. The monoisotopic (exact) mass is 525 g/mol. The second-order valence-electron chi connectivity index (χ2n) is 9.53. The van der Waals surface area contributed by atoms with E-state index in [-0.39, 0.29) is 0 Å². The molecule has 1 heterocycles. The molecule has 1 unspecified atom stereocenters. The van der Waals surface area contributed by atoms with E-state index in [1.54, 1.807) is 59.9 Å². The number of hydrogen-bond acceptors (Lipinski definition) is 4. The first kappa shape index (κ1) is 25.7. The molecule has 0 bridgehead atoms. The highest BCUT2D eigenvalue weighted by atomic mass is 32.1. The fourth-order valence-electron chi connectivity index (χ4n) is 4.96. The highest BCUT2D eigenvalue weighted by Gasteiger charge is 2.42. The van der Waals surface area contributed by atoms with Gasteiger partial charge in [0, 0.05) is 10.3 Å². The Hall–Kier alpha value is -3.94. The number of amides is 3. The molecule has 0 fully saturated rings. The summed E-state index contributed by atoms with van der Waals surface area (Å²) in [6, 6.07) is 26.1. The van der Waals surface area contributed by atoms with Crippen LogP contribution in [0.3, 0.4) is 0 Å². The van der Waals surface area contributed by atoms with Gasteiger partial charge in [0.25, 0.3) is 5.91 Å². The Morgan fingerprint density at radius 2 is 1.42 bits per heavy atom. The van der Waals surface area contributed by atoms with Crippen LogP contribution in [0.25, 0.3) is 0 Å². The summed E-state index contributed by atoms with van der Waals surface area (Å²) in [5, 5.41) is 18.2. The molecule has 7 heteroatoms. The zero-order chi connectivity index (χ0) is 26.5. The highest BCUT2D eigenvalue weighted by molar-refractivity contribution is 7.10. The van der Waals surface area contributed by atoms with Crippen LogP contribution in [0.5, 0.6) is 0 Å². The molecule has 3 aromatic carbocycles. The van der Waals surface area contributed by atoms with Crippen LogP contribution in [-0.2, 0) is 23.2 Å². The summed E-state index contributed by atoms with van der Waals surface area (Å²) in [6.07, 6.45) is 4.20. The summed E-state index contributed by atoms with van der Waals surface area (Å²) in [5.41, 5.74) is 4.39. The predicted octanol–water partition coefficient (Wildman–Crippen LogP) is 6.19. The van der Waals surface area contributed by atoms with Gasteiger partial charge in [0.2, 0.25) is 0 Å². The van der Waals surface area contributed by atoms with E-state index >= 15 is 0 Å². The van der Waals surface area contributed by atoms with Crippen LogP contribution in [0, 0.1) is 0 Å². The lowest BCUT2D eigenvalue weighted by Gasteiger charge is -2.34. The molecule has 3 N–H and O–H groups in total. The number of carbonyl (C=O) groups is 2. The number of urea groups is 1. The van der Waals surface area contributed by atoms with Crippen molar-refractivity contribution in [3.05, 3.63) is 124 Å². The van der Waals surface area contributed by atoms with Crippen molar-refractivity contribution in [2.75, 3.05) is 5.32 Å². The number of anilines is 1. The van der Waals surface area contributed by atoms with Crippen molar-refractivity contribution in [2.24, 2.45) is 0 Å². The lowest BCUT2D eigenvalue weighted by Crippen LogP contribution is -2.55. The van der Waals surface area contributed by atoms with Gasteiger partial charge in [-0.05, 0) is 54.9 Å². The van der Waals surface area contributed by atoms with Gasteiger partial charge in [-0.3, -0.25) is 10.2 Å². The molecule has 4 aromatic rings. The second kappa shape index (κ2) is 11.2. The van der Waals surface area contributed by atoms with Crippen molar-refractivity contribution in [1.29, 1.82) is 0 Å². The normalized spacial score (nSPS) is 13.7. The molecule has 5 rings (SSSR count). The van der Waals surface area contributed by atoms with Crippen molar-refractivity contribution in [1.82, 2.24) is 10.4 Å². The van der Waals surface area contributed by atoms with Crippen LogP contribution >= 0.6 is 11.3 Å². The van der Waals surface area contributed by atoms with Crippen LogP contribution in [0.2, 0.25) is 0 Å². The summed E-state index contributed by atoms with van der Waals surface area (Å²) in [6.45, 7) is 1.85. The van der Waals surface area contributed by atoms with Crippen molar-refractivity contribution in [2.45, 2.75) is 44.2 Å². The minimum Gasteiger partial charge on any atom is -0.372 e. The maximum absolute atomic E-state index is 14.0. The van der Waals surface area contributed by atoms with Gasteiger partial charge in [0.1, 0.15) is 0 Å². The summed E-state index contributed by atoms with van der Waals surface area (Å²) in [5.74, 6) is -0.722. The zero-order valence-corrected chi connectivity index (χ0v) is 22.1. The molecule has 1 aliphatic carbocycles. The first-order chi connectivity index (χ1) is 18.5.